The number of nitrogens with one attached hydrogen (secondary N) is 1. The third-order valence-electron chi connectivity index (χ3n) is 5.56. The Hall–Kier alpha value is -2.41. The first-order chi connectivity index (χ1) is 13.9. The number of carbonyl (C=O) groups is 4. The molecule has 1 aromatic rings. The van der Waals surface area contributed by atoms with Crippen LogP contribution in [0, 0.1) is 11.8 Å². The number of rotatable bonds is 7. The minimum atomic E-state index is -0.619. The normalized spacial score (nSPS) is 22.2. The first-order valence-corrected chi connectivity index (χ1v) is 10.3. The Labute approximate surface area is 174 Å². The van der Waals surface area contributed by atoms with Gasteiger partial charge in [0.05, 0.1) is 24.3 Å². The minimum Gasteiger partial charge on any atom is -0.456 e. The van der Waals surface area contributed by atoms with E-state index < -0.39 is 18.5 Å². The molecule has 3 rings (SSSR count). The van der Waals surface area contributed by atoms with E-state index >= 15 is 0 Å². The molecule has 0 radical (unpaired) electrons. The molecular weight excluding hydrogens is 396 g/mol. The highest BCUT2D eigenvalue weighted by atomic mass is 35.5. The van der Waals surface area contributed by atoms with E-state index in [-0.39, 0.29) is 42.7 Å². The summed E-state index contributed by atoms with van der Waals surface area (Å²) in [5, 5.41) is 3.30. The van der Waals surface area contributed by atoms with Crippen LogP contribution in [0.15, 0.2) is 24.3 Å². The van der Waals surface area contributed by atoms with Gasteiger partial charge in [0.25, 0.3) is 5.91 Å². The fourth-order valence-electron chi connectivity index (χ4n) is 4.02. The van der Waals surface area contributed by atoms with E-state index in [1.165, 1.54) is 4.90 Å². The van der Waals surface area contributed by atoms with E-state index in [1.54, 1.807) is 25.1 Å². The molecule has 0 unspecified atom stereocenters. The highest BCUT2D eigenvalue weighted by Crippen LogP contribution is 2.37. The average Bonchev–Trinajstić information content (AvgIpc) is 2.95. The van der Waals surface area contributed by atoms with E-state index in [1.807, 2.05) is 6.07 Å². The Morgan fingerprint density at radius 2 is 1.86 bits per heavy atom. The molecule has 8 heteroatoms. The molecule has 1 N–H and O–H groups in total. The number of fused-ring (bicyclic) bond motifs is 1. The van der Waals surface area contributed by atoms with Crippen molar-refractivity contribution in [2.45, 2.75) is 45.1 Å². The molecule has 2 fully saturated rings. The Morgan fingerprint density at radius 1 is 1.21 bits per heavy atom. The zero-order valence-corrected chi connectivity index (χ0v) is 17.1. The molecule has 1 saturated heterocycles. The molecule has 1 aromatic carbocycles. The summed E-state index contributed by atoms with van der Waals surface area (Å²) < 4.78 is 4.99. The van der Waals surface area contributed by atoms with Crippen molar-refractivity contribution in [2.75, 3.05) is 13.2 Å². The van der Waals surface area contributed by atoms with Crippen molar-refractivity contribution < 1.29 is 23.9 Å². The first kappa shape index (κ1) is 21.3. The Morgan fingerprint density at radius 3 is 2.48 bits per heavy atom. The van der Waals surface area contributed by atoms with Gasteiger partial charge in [0, 0.05) is 11.6 Å². The second-order valence-electron chi connectivity index (χ2n) is 7.58. The summed E-state index contributed by atoms with van der Waals surface area (Å²) in [6, 6.07) is 6.83. The van der Waals surface area contributed by atoms with Crippen LogP contribution in [0.5, 0.6) is 0 Å². The minimum absolute atomic E-state index is 0.00400. The lowest BCUT2D eigenvalue weighted by molar-refractivity contribution is -0.150. The number of nitrogens with zero attached hydrogens (tertiary/aromatic N) is 1. The Bertz CT molecular complexity index is 788. The van der Waals surface area contributed by atoms with E-state index in [4.69, 9.17) is 16.3 Å². The lowest BCUT2D eigenvalue weighted by atomic mass is 9.81. The van der Waals surface area contributed by atoms with Crippen LogP contribution in [0.4, 0.5) is 0 Å². The molecule has 0 aromatic heterocycles. The number of imide groups is 1. The van der Waals surface area contributed by atoms with Gasteiger partial charge >= 0.3 is 5.97 Å². The van der Waals surface area contributed by atoms with Gasteiger partial charge in [0.15, 0.2) is 6.61 Å². The second kappa shape index (κ2) is 9.39. The first-order valence-electron chi connectivity index (χ1n) is 9.92. The number of hydrogen-bond acceptors (Lipinski definition) is 5. The molecule has 0 bridgehead atoms. The van der Waals surface area contributed by atoms with Crippen LogP contribution in [0.1, 0.15) is 50.6 Å². The van der Waals surface area contributed by atoms with E-state index in [9.17, 15) is 19.2 Å². The van der Waals surface area contributed by atoms with Crippen LogP contribution in [-0.4, -0.2) is 41.7 Å². The SMILES string of the molecule is C[C@H](NC(=O)COC(=O)CCN1C(=O)[C@H]2CCCC[C@H]2C1=O)c1cccc(Cl)c1. The highest BCUT2D eigenvalue weighted by molar-refractivity contribution is 6.30. The third kappa shape index (κ3) is 5.15. The molecule has 1 aliphatic heterocycles. The molecule has 1 saturated carbocycles. The van der Waals surface area contributed by atoms with Crippen molar-refractivity contribution >= 4 is 35.3 Å². The summed E-state index contributed by atoms with van der Waals surface area (Å²) in [6.07, 6.45) is 3.27. The number of ether oxygens (including phenoxy) is 1. The van der Waals surface area contributed by atoms with Crippen LogP contribution < -0.4 is 5.32 Å². The van der Waals surface area contributed by atoms with Crippen LogP contribution in [0.3, 0.4) is 0 Å². The highest BCUT2D eigenvalue weighted by Gasteiger charge is 2.47. The predicted molar refractivity (Wildman–Crippen MR) is 106 cm³/mol. The predicted octanol–water partition coefficient (Wildman–Crippen LogP) is 2.63. The maximum absolute atomic E-state index is 12.4. The van der Waals surface area contributed by atoms with Gasteiger partial charge in [-0.1, -0.05) is 36.6 Å². The van der Waals surface area contributed by atoms with Crippen LogP contribution in [-0.2, 0) is 23.9 Å². The van der Waals surface area contributed by atoms with Crippen molar-refractivity contribution in [1.82, 2.24) is 10.2 Å². The van der Waals surface area contributed by atoms with Crippen LogP contribution in [0.25, 0.3) is 0 Å². The van der Waals surface area contributed by atoms with Gasteiger partial charge in [-0.2, -0.15) is 0 Å². The van der Waals surface area contributed by atoms with Crippen molar-refractivity contribution in [2.24, 2.45) is 11.8 Å². The smallest absolute Gasteiger partial charge is 0.308 e. The third-order valence-corrected chi connectivity index (χ3v) is 5.80. The van der Waals surface area contributed by atoms with Gasteiger partial charge in [-0.15, -0.1) is 0 Å². The van der Waals surface area contributed by atoms with Gasteiger partial charge in [-0.25, -0.2) is 0 Å². The topological polar surface area (TPSA) is 92.8 Å². The Balaban J connectivity index is 1.41. The summed E-state index contributed by atoms with van der Waals surface area (Å²) in [5.74, 6) is -1.88. The molecule has 29 heavy (non-hydrogen) atoms. The summed E-state index contributed by atoms with van der Waals surface area (Å²) in [6.45, 7) is 1.39. The summed E-state index contributed by atoms with van der Waals surface area (Å²) >= 11 is 5.94. The molecule has 7 nitrogen and oxygen atoms in total. The Kier molecular flexibility index (Phi) is 6.90. The molecule has 1 aliphatic carbocycles. The molecule has 1 heterocycles. The standard InChI is InChI=1S/C21H25ClN2O5/c1-13(14-5-4-6-15(22)11-14)23-18(25)12-29-19(26)9-10-24-20(27)16-7-2-3-8-17(16)21(24)28/h4-6,11,13,16-17H,2-3,7-10,12H2,1H3,(H,23,25)/t13-,16-,17+/m0/s1. The zero-order valence-electron chi connectivity index (χ0n) is 16.4. The monoisotopic (exact) mass is 420 g/mol. The van der Waals surface area contributed by atoms with Crippen LogP contribution >= 0.6 is 11.6 Å². The number of esters is 1. The van der Waals surface area contributed by atoms with E-state index in [0.29, 0.717) is 5.02 Å². The number of likely N-dealkylation sites (tertiary alicyclic amines) is 1. The fraction of sp³-hybridized carbons (Fsp3) is 0.524. The van der Waals surface area contributed by atoms with Gasteiger partial charge in [-0.05, 0) is 37.5 Å². The quantitative estimate of drug-likeness (QED) is 0.540. The van der Waals surface area contributed by atoms with Gasteiger partial charge in [0.1, 0.15) is 0 Å². The molecule has 3 amide bonds. The van der Waals surface area contributed by atoms with Crippen molar-refractivity contribution in [3.05, 3.63) is 34.9 Å². The summed E-state index contributed by atoms with van der Waals surface area (Å²) in [7, 11) is 0. The van der Waals surface area contributed by atoms with Gasteiger partial charge < -0.3 is 10.1 Å². The summed E-state index contributed by atoms with van der Waals surface area (Å²) in [5.41, 5.74) is 0.838. The molecule has 0 spiro atoms. The lowest BCUT2D eigenvalue weighted by Crippen LogP contribution is -2.34. The maximum Gasteiger partial charge on any atom is 0.308 e. The second-order valence-corrected chi connectivity index (χ2v) is 8.02. The largest absolute Gasteiger partial charge is 0.456 e. The molecule has 3 atom stereocenters. The average molecular weight is 421 g/mol. The maximum atomic E-state index is 12.4. The number of benzene rings is 1. The number of hydrogen-bond donors (Lipinski definition) is 1. The van der Waals surface area contributed by atoms with E-state index in [2.05, 4.69) is 5.32 Å². The number of carbonyl (C=O) groups excluding carboxylic acids is 4. The fourth-order valence-corrected chi connectivity index (χ4v) is 4.21. The van der Waals surface area contributed by atoms with Crippen molar-refractivity contribution in [1.29, 1.82) is 0 Å². The van der Waals surface area contributed by atoms with E-state index in [0.717, 1.165) is 31.2 Å². The van der Waals surface area contributed by atoms with Crippen molar-refractivity contribution in [3.63, 3.8) is 0 Å². The zero-order chi connectivity index (χ0) is 21.0. The number of halogens is 1. The van der Waals surface area contributed by atoms with Gasteiger partial charge in [-0.3, -0.25) is 24.1 Å². The number of amides is 3. The van der Waals surface area contributed by atoms with Crippen molar-refractivity contribution in [3.8, 4) is 0 Å². The molecule has 156 valence electrons. The summed E-state index contributed by atoms with van der Waals surface area (Å²) in [4.78, 5) is 49.9. The molecular formula is C21H25ClN2O5. The molecule has 2 aliphatic rings. The van der Waals surface area contributed by atoms with Gasteiger partial charge in [0.2, 0.25) is 11.8 Å². The van der Waals surface area contributed by atoms with Crippen LogP contribution in [0.2, 0.25) is 5.02 Å². The lowest BCUT2D eigenvalue weighted by Gasteiger charge is -2.19.